The number of aryl methyl sites for hydroxylation is 2. The molecule has 3 aromatic rings. The van der Waals surface area contributed by atoms with Crippen LogP contribution in [0.1, 0.15) is 30.2 Å². The summed E-state index contributed by atoms with van der Waals surface area (Å²) in [6.07, 6.45) is 1.79. The zero-order chi connectivity index (χ0) is 21.6. The lowest BCUT2D eigenvalue weighted by molar-refractivity contribution is -0.135. The molecule has 162 valence electrons. The van der Waals surface area contributed by atoms with E-state index in [1.165, 1.54) is 5.56 Å². The van der Waals surface area contributed by atoms with E-state index in [-0.39, 0.29) is 5.91 Å². The Hall–Kier alpha value is -3.12. The van der Waals surface area contributed by atoms with Crippen molar-refractivity contribution in [2.24, 2.45) is 0 Å². The number of hydrogen-bond acceptors (Lipinski definition) is 4. The van der Waals surface area contributed by atoms with E-state index in [2.05, 4.69) is 13.8 Å². The van der Waals surface area contributed by atoms with Crippen LogP contribution in [0, 0.1) is 6.92 Å². The molecule has 1 aliphatic heterocycles. The highest BCUT2D eigenvalue weighted by atomic mass is 16.5. The van der Waals surface area contributed by atoms with Gasteiger partial charge in [0.2, 0.25) is 11.8 Å². The van der Waals surface area contributed by atoms with Crippen molar-refractivity contribution in [3.05, 3.63) is 71.4 Å². The third-order valence-electron chi connectivity index (χ3n) is 5.54. The van der Waals surface area contributed by atoms with Gasteiger partial charge in [-0.2, -0.15) is 5.10 Å². The normalized spacial score (nSPS) is 13.9. The highest BCUT2D eigenvalue weighted by Gasteiger charge is 2.23. The smallest absolute Gasteiger partial charge is 0.226 e. The highest BCUT2D eigenvalue weighted by Crippen LogP contribution is 2.32. The molecule has 0 radical (unpaired) electrons. The van der Waals surface area contributed by atoms with E-state index in [4.69, 9.17) is 14.6 Å². The van der Waals surface area contributed by atoms with E-state index in [1.807, 2.05) is 64.2 Å². The first-order valence-electron chi connectivity index (χ1n) is 10.9. The summed E-state index contributed by atoms with van der Waals surface area (Å²) in [5, 5.41) is 4.85. The zero-order valence-electron chi connectivity index (χ0n) is 18.2. The number of carbonyl (C=O) groups excluding carboxylic acids is 1. The van der Waals surface area contributed by atoms with Gasteiger partial charge in [-0.3, -0.25) is 4.79 Å². The van der Waals surface area contributed by atoms with Gasteiger partial charge in [0.15, 0.2) is 0 Å². The van der Waals surface area contributed by atoms with Crippen LogP contribution in [-0.2, 0) is 22.4 Å². The van der Waals surface area contributed by atoms with Crippen LogP contribution in [0.25, 0.3) is 5.69 Å². The molecular formula is C25H29N3O3. The van der Waals surface area contributed by atoms with Crippen LogP contribution in [0.2, 0.25) is 0 Å². The number of nitrogens with zero attached hydrogens (tertiary/aromatic N) is 3. The second kappa shape index (κ2) is 9.79. The lowest BCUT2D eigenvalue weighted by Crippen LogP contribution is -2.40. The Kier molecular flexibility index (Phi) is 6.67. The van der Waals surface area contributed by atoms with Gasteiger partial charge in [-0.1, -0.05) is 42.8 Å². The molecule has 1 amide bonds. The first kappa shape index (κ1) is 21.1. The number of amides is 1. The SMILES string of the molecule is CCc1nn(-c2ccccc2)c(Oc2ccc(C)cc2)c1CCC(=O)N1CCOCC1. The van der Waals surface area contributed by atoms with Crippen molar-refractivity contribution in [2.75, 3.05) is 26.3 Å². The fourth-order valence-corrected chi connectivity index (χ4v) is 3.78. The lowest BCUT2D eigenvalue weighted by Gasteiger charge is -2.26. The summed E-state index contributed by atoms with van der Waals surface area (Å²) in [7, 11) is 0. The first-order valence-corrected chi connectivity index (χ1v) is 10.9. The van der Waals surface area contributed by atoms with Crippen molar-refractivity contribution in [1.82, 2.24) is 14.7 Å². The van der Waals surface area contributed by atoms with Gasteiger partial charge in [-0.15, -0.1) is 0 Å². The molecule has 1 saturated heterocycles. The van der Waals surface area contributed by atoms with Gasteiger partial charge >= 0.3 is 0 Å². The molecule has 6 heteroatoms. The second-order valence-corrected chi connectivity index (χ2v) is 7.74. The minimum Gasteiger partial charge on any atom is -0.439 e. The molecule has 0 spiro atoms. The van der Waals surface area contributed by atoms with Crippen LogP contribution in [0.4, 0.5) is 0 Å². The third kappa shape index (κ3) is 4.97. The monoisotopic (exact) mass is 419 g/mol. The molecule has 0 bridgehead atoms. The summed E-state index contributed by atoms with van der Waals surface area (Å²) in [4.78, 5) is 14.6. The Morgan fingerprint density at radius 3 is 2.45 bits per heavy atom. The molecule has 0 saturated carbocycles. The summed E-state index contributed by atoms with van der Waals surface area (Å²) in [6, 6.07) is 18.0. The average Bonchev–Trinajstić information content (AvgIpc) is 3.17. The molecule has 0 N–H and O–H groups in total. The number of rotatable bonds is 7. The van der Waals surface area contributed by atoms with Gasteiger partial charge in [0, 0.05) is 25.1 Å². The Labute approximate surface area is 183 Å². The van der Waals surface area contributed by atoms with Crippen molar-refractivity contribution in [3.8, 4) is 17.3 Å². The second-order valence-electron chi connectivity index (χ2n) is 7.74. The van der Waals surface area contributed by atoms with Crippen molar-refractivity contribution in [2.45, 2.75) is 33.1 Å². The number of carbonyl (C=O) groups is 1. The van der Waals surface area contributed by atoms with Gasteiger partial charge in [-0.05, 0) is 44.0 Å². The van der Waals surface area contributed by atoms with Crippen LogP contribution in [0.5, 0.6) is 11.6 Å². The van der Waals surface area contributed by atoms with Crippen molar-refractivity contribution in [3.63, 3.8) is 0 Å². The van der Waals surface area contributed by atoms with Crippen molar-refractivity contribution in [1.29, 1.82) is 0 Å². The third-order valence-corrected chi connectivity index (χ3v) is 5.54. The molecule has 6 nitrogen and oxygen atoms in total. The predicted molar refractivity (Wildman–Crippen MR) is 120 cm³/mol. The maximum Gasteiger partial charge on any atom is 0.226 e. The number of benzene rings is 2. The largest absolute Gasteiger partial charge is 0.439 e. The van der Waals surface area contributed by atoms with E-state index in [1.54, 1.807) is 0 Å². The number of para-hydroxylation sites is 1. The van der Waals surface area contributed by atoms with Gasteiger partial charge in [0.1, 0.15) is 5.75 Å². The molecule has 2 aromatic carbocycles. The van der Waals surface area contributed by atoms with Gasteiger partial charge < -0.3 is 14.4 Å². The molecule has 0 aliphatic carbocycles. The molecule has 0 atom stereocenters. The Morgan fingerprint density at radius 2 is 1.77 bits per heavy atom. The molecule has 1 fully saturated rings. The van der Waals surface area contributed by atoms with Crippen LogP contribution >= 0.6 is 0 Å². The van der Waals surface area contributed by atoms with Crippen LogP contribution in [-0.4, -0.2) is 46.9 Å². The zero-order valence-corrected chi connectivity index (χ0v) is 18.2. The maximum atomic E-state index is 12.8. The molecule has 4 rings (SSSR count). The molecular weight excluding hydrogens is 390 g/mol. The summed E-state index contributed by atoms with van der Waals surface area (Å²) in [6.45, 7) is 6.68. The minimum atomic E-state index is 0.152. The molecule has 1 aromatic heterocycles. The number of ether oxygens (including phenoxy) is 2. The fraction of sp³-hybridized carbons (Fsp3) is 0.360. The quantitative estimate of drug-likeness (QED) is 0.572. The molecule has 2 heterocycles. The van der Waals surface area contributed by atoms with Crippen molar-refractivity contribution < 1.29 is 14.3 Å². The van der Waals surface area contributed by atoms with Crippen LogP contribution < -0.4 is 4.74 Å². The first-order chi connectivity index (χ1) is 15.2. The number of aromatic nitrogens is 2. The van der Waals surface area contributed by atoms with Gasteiger partial charge in [-0.25, -0.2) is 4.68 Å². The molecule has 0 unspecified atom stereocenters. The standard InChI is InChI=1S/C25H29N3O3/c1-3-23-22(13-14-24(29)27-15-17-30-18-16-27)25(31-21-11-9-19(2)10-12-21)28(26-23)20-7-5-4-6-8-20/h4-12H,3,13-18H2,1-2H3. The topological polar surface area (TPSA) is 56.6 Å². The van der Waals surface area contributed by atoms with Gasteiger partial charge in [0.25, 0.3) is 0 Å². The Morgan fingerprint density at radius 1 is 1.06 bits per heavy atom. The minimum absolute atomic E-state index is 0.152. The average molecular weight is 420 g/mol. The number of hydrogen-bond donors (Lipinski definition) is 0. The van der Waals surface area contributed by atoms with E-state index in [0.717, 1.165) is 29.1 Å². The molecule has 1 aliphatic rings. The van der Waals surface area contributed by atoms with Crippen molar-refractivity contribution >= 4 is 5.91 Å². The fourth-order valence-electron chi connectivity index (χ4n) is 3.78. The van der Waals surface area contributed by atoms with E-state index < -0.39 is 0 Å². The summed E-state index contributed by atoms with van der Waals surface area (Å²) < 4.78 is 13.6. The Balaban J connectivity index is 1.65. The Bertz CT molecular complexity index is 1010. The van der Waals surface area contributed by atoms with Gasteiger partial charge in [0.05, 0.1) is 24.6 Å². The summed E-state index contributed by atoms with van der Waals surface area (Å²) in [5.41, 5.74) is 4.06. The van der Waals surface area contributed by atoms with Crippen LogP contribution in [0.15, 0.2) is 54.6 Å². The van der Waals surface area contributed by atoms with E-state index in [9.17, 15) is 4.79 Å². The highest BCUT2D eigenvalue weighted by molar-refractivity contribution is 5.76. The predicted octanol–water partition coefficient (Wildman–Crippen LogP) is 4.33. The summed E-state index contributed by atoms with van der Waals surface area (Å²) >= 11 is 0. The van der Waals surface area contributed by atoms with Crippen LogP contribution in [0.3, 0.4) is 0 Å². The summed E-state index contributed by atoms with van der Waals surface area (Å²) in [5.74, 6) is 1.59. The molecule has 31 heavy (non-hydrogen) atoms. The van der Waals surface area contributed by atoms with E-state index >= 15 is 0 Å². The lowest BCUT2D eigenvalue weighted by atomic mass is 10.1. The van der Waals surface area contributed by atoms with E-state index in [0.29, 0.717) is 45.0 Å². The maximum absolute atomic E-state index is 12.8. The number of morpholine rings is 1.